The Bertz CT molecular complexity index is 836. The highest BCUT2D eigenvalue weighted by molar-refractivity contribution is 5.99. The standard InChI is InChI=1S/C21H28N4O2/c1-13(2)12-24-9-10-25(16(5)20(24)26)21(27)18-8-6-7-17(11-18)19-14(3)22-23-15(19)4/h6-8,11,13,16H,9-10,12H2,1-5H3,(H,22,23). The molecule has 1 atom stereocenters. The average Bonchev–Trinajstić information content (AvgIpc) is 2.97. The van der Waals surface area contributed by atoms with Crippen LogP contribution < -0.4 is 0 Å². The zero-order chi connectivity index (χ0) is 19.7. The quantitative estimate of drug-likeness (QED) is 0.902. The highest BCUT2D eigenvalue weighted by atomic mass is 16.2. The van der Waals surface area contributed by atoms with Gasteiger partial charge in [0.15, 0.2) is 0 Å². The van der Waals surface area contributed by atoms with E-state index in [0.29, 0.717) is 24.6 Å². The number of H-pyrrole nitrogens is 1. The molecule has 6 heteroatoms. The second kappa shape index (κ2) is 7.55. The molecule has 6 nitrogen and oxygen atoms in total. The Hall–Kier alpha value is -2.63. The first-order valence-corrected chi connectivity index (χ1v) is 9.51. The van der Waals surface area contributed by atoms with Crippen LogP contribution in [0.15, 0.2) is 24.3 Å². The number of nitrogens with zero attached hydrogens (tertiary/aromatic N) is 3. The molecule has 0 radical (unpaired) electrons. The van der Waals surface area contributed by atoms with E-state index in [2.05, 4.69) is 24.0 Å². The lowest BCUT2D eigenvalue weighted by atomic mass is 10.0. The first kappa shape index (κ1) is 19.1. The molecule has 0 aliphatic carbocycles. The Morgan fingerprint density at radius 2 is 2.04 bits per heavy atom. The number of aryl methyl sites for hydroxylation is 2. The fourth-order valence-corrected chi connectivity index (χ4v) is 3.78. The second-order valence-corrected chi connectivity index (χ2v) is 7.74. The van der Waals surface area contributed by atoms with Crippen LogP contribution in [0.3, 0.4) is 0 Å². The van der Waals surface area contributed by atoms with Gasteiger partial charge < -0.3 is 9.80 Å². The van der Waals surface area contributed by atoms with Crippen molar-refractivity contribution in [2.45, 2.75) is 40.7 Å². The Kier molecular flexibility index (Phi) is 5.35. The molecule has 1 aromatic heterocycles. The minimum atomic E-state index is -0.439. The van der Waals surface area contributed by atoms with Crippen LogP contribution in [0.5, 0.6) is 0 Å². The van der Waals surface area contributed by atoms with Crippen LogP contribution in [-0.4, -0.2) is 57.5 Å². The number of benzene rings is 1. The summed E-state index contributed by atoms with van der Waals surface area (Å²) >= 11 is 0. The van der Waals surface area contributed by atoms with Gasteiger partial charge in [-0.3, -0.25) is 14.7 Å². The Morgan fingerprint density at radius 1 is 1.30 bits per heavy atom. The molecule has 0 saturated carbocycles. The number of hydrogen-bond donors (Lipinski definition) is 1. The first-order valence-electron chi connectivity index (χ1n) is 9.51. The molecule has 2 aromatic rings. The normalized spacial score (nSPS) is 17.7. The molecule has 1 unspecified atom stereocenters. The molecule has 27 heavy (non-hydrogen) atoms. The van der Waals surface area contributed by atoms with Gasteiger partial charge in [-0.25, -0.2) is 0 Å². The van der Waals surface area contributed by atoms with E-state index in [1.54, 1.807) is 4.90 Å². The van der Waals surface area contributed by atoms with Gasteiger partial charge >= 0.3 is 0 Å². The minimum Gasteiger partial charge on any atom is -0.339 e. The van der Waals surface area contributed by atoms with E-state index in [9.17, 15) is 9.59 Å². The van der Waals surface area contributed by atoms with E-state index >= 15 is 0 Å². The molecular weight excluding hydrogens is 340 g/mol. The molecule has 1 saturated heterocycles. The van der Waals surface area contributed by atoms with Crippen LogP contribution in [0.4, 0.5) is 0 Å². The molecule has 0 bridgehead atoms. The number of aromatic amines is 1. The highest BCUT2D eigenvalue weighted by Crippen LogP contribution is 2.27. The Balaban J connectivity index is 1.83. The van der Waals surface area contributed by atoms with Crippen LogP contribution in [0.2, 0.25) is 0 Å². The smallest absolute Gasteiger partial charge is 0.254 e. The van der Waals surface area contributed by atoms with Crippen molar-refractivity contribution in [3.8, 4) is 11.1 Å². The number of nitrogens with one attached hydrogen (secondary N) is 1. The summed E-state index contributed by atoms with van der Waals surface area (Å²) in [4.78, 5) is 29.3. The first-order chi connectivity index (χ1) is 12.8. The molecular formula is C21H28N4O2. The predicted octanol–water partition coefficient (Wildman–Crippen LogP) is 3.02. The maximum absolute atomic E-state index is 13.1. The number of rotatable bonds is 4. The molecule has 1 fully saturated rings. The van der Waals surface area contributed by atoms with Crippen molar-refractivity contribution in [3.63, 3.8) is 0 Å². The van der Waals surface area contributed by atoms with Gasteiger partial charge in [-0.15, -0.1) is 0 Å². The summed E-state index contributed by atoms with van der Waals surface area (Å²) in [5.74, 6) is 0.350. The van der Waals surface area contributed by atoms with Gasteiger partial charge in [-0.1, -0.05) is 26.0 Å². The van der Waals surface area contributed by atoms with Crippen molar-refractivity contribution < 1.29 is 9.59 Å². The van der Waals surface area contributed by atoms with Crippen molar-refractivity contribution in [1.29, 1.82) is 0 Å². The number of carbonyl (C=O) groups is 2. The minimum absolute atomic E-state index is 0.0287. The van der Waals surface area contributed by atoms with Crippen molar-refractivity contribution in [1.82, 2.24) is 20.0 Å². The molecule has 0 spiro atoms. The number of amides is 2. The maximum Gasteiger partial charge on any atom is 0.254 e. The third-order valence-corrected chi connectivity index (χ3v) is 5.12. The second-order valence-electron chi connectivity index (χ2n) is 7.74. The zero-order valence-corrected chi connectivity index (χ0v) is 16.7. The van der Waals surface area contributed by atoms with Crippen LogP contribution in [-0.2, 0) is 4.79 Å². The summed E-state index contributed by atoms with van der Waals surface area (Å²) in [6.45, 7) is 11.8. The zero-order valence-electron chi connectivity index (χ0n) is 16.7. The fraction of sp³-hybridized carbons (Fsp3) is 0.476. The molecule has 3 rings (SSSR count). The monoisotopic (exact) mass is 368 g/mol. The van der Waals surface area contributed by atoms with Gasteiger partial charge in [0, 0.05) is 36.5 Å². The van der Waals surface area contributed by atoms with Gasteiger partial charge in [-0.05, 0) is 44.4 Å². The average molecular weight is 368 g/mol. The summed E-state index contributed by atoms with van der Waals surface area (Å²) in [5, 5.41) is 7.23. The molecule has 1 N–H and O–H groups in total. The number of hydrogen-bond acceptors (Lipinski definition) is 3. The summed E-state index contributed by atoms with van der Waals surface area (Å²) in [5.41, 5.74) is 4.47. The van der Waals surface area contributed by atoms with E-state index < -0.39 is 6.04 Å². The maximum atomic E-state index is 13.1. The van der Waals surface area contributed by atoms with Crippen molar-refractivity contribution in [2.75, 3.05) is 19.6 Å². The van der Waals surface area contributed by atoms with Crippen LogP contribution in [0, 0.1) is 19.8 Å². The van der Waals surface area contributed by atoms with Gasteiger partial charge in [0.2, 0.25) is 5.91 Å². The third-order valence-electron chi connectivity index (χ3n) is 5.12. The molecule has 2 amide bonds. The van der Waals surface area contributed by atoms with E-state index in [-0.39, 0.29) is 11.8 Å². The van der Waals surface area contributed by atoms with Crippen LogP contribution >= 0.6 is 0 Å². The SMILES string of the molecule is Cc1n[nH]c(C)c1-c1cccc(C(=O)N2CCN(CC(C)C)C(=O)C2C)c1. The lowest BCUT2D eigenvalue weighted by Gasteiger charge is -2.39. The molecule has 1 aliphatic rings. The van der Waals surface area contributed by atoms with Gasteiger partial charge in [0.1, 0.15) is 6.04 Å². The predicted molar refractivity (Wildman–Crippen MR) is 105 cm³/mol. The Labute approximate surface area is 160 Å². The topological polar surface area (TPSA) is 69.3 Å². The third kappa shape index (κ3) is 3.75. The molecule has 2 heterocycles. The summed E-state index contributed by atoms with van der Waals surface area (Å²) in [7, 11) is 0. The molecule has 144 valence electrons. The summed E-state index contributed by atoms with van der Waals surface area (Å²) in [6.07, 6.45) is 0. The highest BCUT2D eigenvalue weighted by Gasteiger charge is 2.34. The van der Waals surface area contributed by atoms with Crippen LogP contribution in [0.25, 0.3) is 11.1 Å². The van der Waals surface area contributed by atoms with E-state index in [0.717, 1.165) is 29.1 Å². The number of carbonyl (C=O) groups excluding carboxylic acids is 2. The lowest BCUT2D eigenvalue weighted by Crippen LogP contribution is -2.58. The summed E-state index contributed by atoms with van der Waals surface area (Å²) < 4.78 is 0. The molecule has 1 aromatic carbocycles. The number of aromatic nitrogens is 2. The Morgan fingerprint density at radius 3 is 2.67 bits per heavy atom. The van der Waals surface area contributed by atoms with E-state index in [1.165, 1.54) is 0 Å². The fourth-order valence-electron chi connectivity index (χ4n) is 3.78. The van der Waals surface area contributed by atoms with Crippen LogP contribution in [0.1, 0.15) is 42.5 Å². The van der Waals surface area contributed by atoms with Crippen molar-refractivity contribution >= 4 is 11.8 Å². The van der Waals surface area contributed by atoms with Gasteiger partial charge in [0.05, 0.1) is 5.69 Å². The van der Waals surface area contributed by atoms with Gasteiger partial charge in [0.25, 0.3) is 5.91 Å². The van der Waals surface area contributed by atoms with Gasteiger partial charge in [-0.2, -0.15) is 5.10 Å². The van der Waals surface area contributed by atoms with Crippen molar-refractivity contribution in [2.24, 2.45) is 5.92 Å². The van der Waals surface area contributed by atoms with E-state index in [1.807, 2.05) is 49.9 Å². The molecule has 1 aliphatic heterocycles. The largest absolute Gasteiger partial charge is 0.339 e. The number of piperazine rings is 1. The summed E-state index contributed by atoms with van der Waals surface area (Å²) in [6, 6.07) is 7.14. The lowest BCUT2D eigenvalue weighted by molar-refractivity contribution is -0.140. The van der Waals surface area contributed by atoms with E-state index in [4.69, 9.17) is 0 Å². The van der Waals surface area contributed by atoms with Crippen molar-refractivity contribution in [3.05, 3.63) is 41.2 Å².